The summed E-state index contributed by atoms with van der Waals surface area (Å²) in [5.41, 5.74) is -4.47. The highest BCUT2D eigenvalue weighted by molar-refractivity contribution is 7.80. The van der Waals surface area contributed by atoms with Crippen molar-refractivity contribution in [2.45, 2.75) is 128 Å². The number of fused-ring (bicyclic) bond motifs is 5. The Labute approximate surface area is 239 Å². The summed E-state index contributed by atoms with van der Waals surface area (Å²) in [6, 6.07) is 0. The van der Waals surface area contributed by atoms with Crippen LogP contribution >= 0.6 is 0 Å². The summed E-state index contributed by atoms with van der Waals surface area (Å²) in [6.07, 6.45) is -0.249. The van der Waals surface area contributed by atoms with Gasteiger partial charge in [-0.15, -0.1) is 0 Å². The molecule has 6 unspecified atom stereocenters. The normalized spacial score (nSPS) is 48.8. The monoisotopic (exact) mass is 592 g/mol. The van der Waals surface area contributed by atoms with Crippen molar-refractivity contribution in [2.75, 3.05) is 6.61 Å². The van der Waals surface area contributed by atoms with Gasteiger partial charge in [0, 0.05) is 24.2 Å². The van der Waals surface area contributed by atoms with Crippen LogP contribution in [0.1, 0.15) is 92.4 Å². The van der Waals surface area contributed by atoms with Gasteiger partial charge in [-0.2, -0.15) is 8.42 Å². The van der Waals surface area contributed by atoms with Crippen LogP contribution in [-0.4, -0.2) is 85.8 Å². The van der Waals surface area contributed by atoms with Crippen molar-refractivity contribution in [3.05, 3.63) is 0 Å². The molecular weight excluding hydrogens is 540 g/mol. The highest BCUT2D eigenvalue weighted by atomic mass is 32.3. The Morgan fingerprint density at radius 2 is 1.55 bits per heavy atom. The molecule has 0 radical (unpaired) electrons. The van der Waals surface area contributed by atoms with Gasteiger partial charge in [-0.1, -0.05) is 41.0 Å². The Bertz CT molecular complexity index is 1020. The van der Waals surface area contributed by atoms with E-state index >= 15 is 0 Å². The van der Waals surface area contributed by atoms with Gasteiger partial charge < -0.3 is 30.6 Å². The first-order valence-corrected chi connectivity index (χ1v) is 16.5. The summed E-state index contributed by atoms with van der Waals surface area (Å²) in [6.45, 7) is 9.97. The average Bonchev–Trinajstić information content (AvgIpc) is 3.02. The predicted octanol–water partition coefficient (Wildman–Crippen LogP) is 2.05. The molecule has 4 aliphatic rings. The standard InChI is InChI=1S/C29H52O10S/c1-16(2)18(10-13-39-40(36,37)38)7-6-17(3)22-23(32)24(33)25-26(22,4)11-9-20-27(5)12-8-19(30)14-29(27,35)21(31)15-28(20,25)34/h16-25,30-35H,6-15H2,1-5H3,(H,36,37,38)/t17?,18?,19-,20?,21+,22-,23+,24?,25?,26+,27+,28-,29?/m0/s1. The Morgan fingerprint density at radius 1 is 0.900 bits per heavy atom. The first-order valence-electron chi connectivity index (χ1n) is 15.1. The topological polar surface area (TPSA) is 185 Å². The van der Waals surface area contributed by atoms with E-state index in [2.05, 4.69) is 11.1 Å². The maximum absolute atomic E-state index is 12.4. The maximum atomic E-state index is 12.4. The van der Waals surface area contributed by atoms with Crippen LogP contribution in [0.25, 0.3) is 0 Å². The van der Waals surface area contributed by atoms with Gasteiger partial charge in [0.25, 0.3) is 0 Å². The third-order valence-electron chi connectivity index (χ3n) is 12.3. The second-order valence-corrected chi connectivity index (χ2v) is 15.7. The van der Waals surface area contributed by atoms with Crippen LogP contribution in [0.4, 0.5) is 0 Å². The van der Waals surface area contributed by atoms with Crippen LogP contribution in [-0.2, 0) is 14.6 Å². The molecule has 0 aliphatic heterocycles. The summed E-state index contributed by atoms with van der Waals surface area (Å²) in [5.74, 6) is -1.04. The third kappa shape index (κ3) is 5.19. The fourth-order valence-corrected chi connectivity index (χ4v) is 10.6. The summed E-state index contributed by atoms with van der Waals surface area (Å²) in [5, 5.41) is 68.7. The van der Waals surface area contributed by atoms with E-state index in [1.54, 1.807) is 0 Å². The summed E-state index contributed by atoms with van der Waals surface area (Å²) in [4.78, 5) is 0. The third-order valence-corrected chi connectivity index (χ3v) is 12.8. The molecule has 0 aromatic carbocycles. The maximum Gasteiger partial charge on any atom is 0.397 e. The van der Waals surface area contributed by atoms with Gasteiger partial charge in [0.2, 0.25) is 0 Å². The quantitative estimate of drug-likeness (QED) is 0.195. The lowest BCUT2D eigenvalue weighted by Crippen LogP contribution is -2.75. The van der Waals surface area contributed by atoms with Crippen molar-refractivity contribution < 1.29 is 47.8 Å². The molecule has 0 heterocycles. The van der Waals surface area contributed by atoms with E-state index < -0.39 is 68.7 Å². The van der Waals surface area contributed by atoms with E-state index in [1.807, 2.05) is 27.7 Å². The summed E-state index contributed by atoms with van der Waals surface area (Å²) in [7, 11) is -4.49. The molecule has 4 rings (SSSR count). The van der Waals surface area contributed by atoms with Crippen molar-refractivity contribution in [1.29, 1.82) is 0 Å². The van der Waals surface area contributed by atoms with E-state index in [9.17, 15) is 39.1 Å². The highest BCUT2D eigenvalue weighted by Gasteiger charge is 2.75. The fraction of sp³-hybridized carbons (Fsp3) is 1.00. The van der Waals surface area contributed by atoms with E-state index in [4.69, 9.17) is 4.55 Å². The van der Waals surface area contributed by atoms with Crippen LogP contribution in [0.5, 0.6) is 0 Å². The molecule has 10 nitrogen and oxygen atoms in total. The van der Waals surface area contributed by atoms with Crippen LogP contribution in [0.3, 0.4) is 0 Å². The molecule has 7 N–H and O–H groups in total. The van der Waals surface area contributed by atoms with E-state index in [0.717, 1.165) is 6.42 Å². The van der Waals surface area contributed by atoms with Gasteiger partial charge in [0.1, 0.15) is 0 Å². The lowest BCUT2D eigenvalue weighted by Gasteiger charge is -2.68. The van der Waals surface area contributed by atoms with Gasteiger partial charge in [0.15, 0.2) is 0 Å². The first kappa shape index (κ1) is 32.5. The minimum Gasteiger partial charge on any atom is -0.393 e. The Morgan fingerprint density at radius 3 is 2.15 bits per heavy atom. The van der Waals surface area contributed by atoms with Crippen LogP contribution in [0.2, 0.25) is 0 Å². The predicted molar refractivity (Wildman–Crippen MR) is 147 cm³/mol. The minimum absolute atomic E-state index is 0.0191. The minimum atomic E-state index is -4.49. The molecule has 0 amide bonds. The smallest absolute Gasteiger partial charge is 0.393 e. The number of hydrogen-bond donors (Lipinski definition) is 7. The number of aliphatic hydroxyl groups is 6. The molecule has 40 heavy (non-hydrogen) atoms. The molecule has 0 saturated heterocycles. The van der Waals surface area contributed by atoms with Crippen molar-refractivity contribution in [1.82, 2.24) is 0 Å². The lowest BCUT2D eigenvalue weighted by molar-refractivity contribution is -0.315. The van der Waals surface area contributed by atoms with Crippen LogP contribution in [0, 0.1) is 46.3 Å². The Balaban J connectivity index is 1.55. The number of rotatable bonds is 9. The first-order chi connectivity index (χ1) is 18.3. The van der Waals surface area contributed by atoms with E-state index in [1.165, 1.54) is 0 Å². The van der Waals surface area contributed by atoms with Crippen molar-refractivity contribution in [3.8, 4) is 0 Å². The lowest BCUT2D eigenvalue weighted by atomic mass is 9.40. The van der Waals surface area contributed by atoms with Crippen LogP contribution < -0.4 is 0 Å². The SMILES string of the molecule is CC(C)C(CCOS(=O)(=O)O)CCC(C)[C@H]1[C@@H](O)C(O)C2[C@]3(O)C[C@@H](O)C4(O)C[C@@H](O)CC[C@]4(C)C3CC[C@@]21C. The Hall–Kier alpha value is -0.370. The van der Waals surface area contributed by atoms with Crippen molar-refractivity contribution in [3.63, 3.8) is 0 Å². The molecule has 234 valence electrons. The zero-order chi connectivity index (χ0) is 30.1. The van der Waals surface area contributed by atoms with E-state index in [0.29, 0.717) is 38.5 Å². The van der Waals surface area contributed by atoms with E-state index in [-0.39, 0.29) is 43.1 Å². The van der Waals surface area contributed by atoms with Gasteiger partial charge in [-0.25, -0.2) is 4.18 Å². The average molecular weight is 593 g/mol. The molecule has 0 aromatic rings. The molecule has 4 aliphatic carbocycles. The zero-order valence-electron chi connectivity index (χ0n) is 24.6. The summed E-state index contributed by atoms with van der Waals surface area (Å²) >= 11 is 0. The highest BCUT2D eigenvalue weighted by Crippen LogP contribution is 2.70. The van der Waals surface area contributed by atoms with Gasteiger partial charge >= 0.3 is 10.4 Å². The molecule has 4 fully saturated rings. The van der Waals surface area contributed by atoms with Crippen molar-refractivity contribution >= 4 is 10.4 Å². The van der Waals surface area contributed by atoms with Crippen molar-refractivity contribution in [2.24, 2.45) is 46.3 Å². The second kappa shape index (κ2) is 11.0. The largest absolute Gasteiger partial charge is 0.397 e. The summed E-state index contributed by atoms with van der Waals surface area (Å²) < 4.78 is 35.3. The molecule has 0 spiro atoms. The van der Waals surface area contributed by atoms with Crippen LogP contribution in [0.15, 0.2) is 0 Å². The molecule has 0 bridgehead atoms. The number of aliphatic hydroxyl groups excluding tert-OH is 4. The van der Waals surface area contributed by atoms with Gasteiger partial charge in [-0.3, -0.25) is 4.55 Å². The molecule has 13 atom stereocenters. The second-order valence-electron chi connectivity index (χ2n) is 14.6. The van der Waals surface area contributed by atoms with Gasteiger partial charge in [-0.05, 0) is 73.5 Å². The molecule has 11 heteroatoms. The Kier molecular flexibility index (Phi) is 8.92. The fourth-order valence-electron chi connectivity index (χ4n) is 10.3. The molecule has 0 aromatic heterocycles. The van der Waals surface area contributed by atoms with Gasteiger partial charge in [0.05, 0.1) is 42.2 Å². The zero-order valence-corrected chi connectivity index (χ0v) is 25.4. The number of hydrogen-bond acceptors (Lipinski definition) is 9. The molecule has 4 saturated carbocycles. The molecular formula is C29H52O10S.